The number of phenolic OH excluding ortho intramolecular Hbond substituents is 1. The molecule has 0 aliphatic carbocycles. The Kier molecular flexibility index (Phi) is 6.76. The fourth-order valence-corrected chi connectivity index (χ4v) is 3.89. The summed E-state index contributed by atoms with van der Waals surface area (Å²) in [6.07, 6.45) is -4.94. The number of sulfone groups is 1. The highest BCUT2D eigenvalue weighted by atomic mass is 32.2. The molecule has 30 heavy (non-hydrogen) atoms. The van der Waals surface area contributed by atoms with Crippen molar-refractivity contribution in [3.05, 3.63) is 53.6 Å². The van der Waals surface area contributed by atoms with Gasteiger partial charge >= 0.3 is 18.1 Å². The molecule has 0 aliphatic rings. The number of amides is 1. The van der Waals surface area contributed by atoms with E-state index >= 15 is 0 Å². The number of benzene rings is 2. The number of rotatable bonds is 6. The van der Waals surface area contributed by atoms with Gasteiger partial charge in [-0.15, -0.1) is 0 Å². The summed E-state index contributed by atoms with van der Waals surface area (Å²) in [6.45, 7) is 1.39. The molecule has 1 atom stereocenters. The first kappa shape index (κ1) is 23.2. The maximum atomic E-state index is 12.8. The van der Waals surface area contributed by atoms with Crippen molar-refractivity contribution in [3.8, 4) is 5.75 Å². The molecule has 0 fully saturated rings. The summed E-state index contributed by atoms with van der Waals surface area (Å²) >= 11 is 0. The number of phenols is 1. The fraction of sp³-hybridized carbons (Fsp3) is 0.263. The van der Waals surface area contributed by atoms with Crippen LogP contribution in [-0.2, 0) is 25.8 Å². The highest BCUT2D eigenvalue weighted by molar-refractivity contribution is 7.91. The molecule has 7 nitrogen and oxygen atoms in total. The molecule has 2 aromatic carbocycles. The van der Waals surface area contributed by atoms with Crippen LogP contribution in [0.5, 0.6) is 5.75 Å². The van der Waals surface area contributed by atoms with Crippen molar-refractivity contribution in [2.24, 2.45) is 0 Å². The summed E-state index contributed by atoms with van der Waals surface area (Å²) in [5.41, 5.74) is 0.189. The minimum Gasteiger partial charge on any atom is -0.507 e. The molecule has 0 aliphatic heterocycles. The quantitative estimate of drug-likeness (QED) is 0.662. The fourth-order valence-electron chi connectivity index (χ4n) is 2.61. The van der Waals surface area contributed by atoms with Crippen LogP contribution in [0.1, 0.15) is 22.8 Å². The Labute approximate surface area is 170 Å². The molecule has 162 valence electrons. The van der Waals surface area contributed by atoms with Crippen LogP contribution in [0.15, 0.2) is 52.3 Å². The molecule has 11 heteroatoms. The number of hydrogen-bond acceptors (Lipinski definition) is 6. The second kappa shape index (κ2) is 8.74. The maximum absolute atomic E-state index is 12.8. The molecule has 1 amide bonds. The highest BCUT2D eigenvalue weighted by Crippen LogP contribution is 2.27. The van der Waals surface area contributed by atoms with Crippen LogP contribution in [-0.4, -0.2) is 44.7 Å². The lowest BCUT2D eigenvalue weighted by atomic mass is 10.1. The van der Waals surface area contributed by atoms with Crippen molar-refractivity contribution in [1.82, 2.24) is 5.32 Å². The van der Waals surface area contributed by atoms with Gasteiger partial charge in [0.05, 0.1) is 16.9 Å². The van der Waals surface area contributed by atoms with Crippen molar-refractivity contribution >= 4 is 21.7 Å². The molecule has 0 aromatic heterocycles. The molecule has 0 bridgehead atoms. The molecule has 0 spiro atoms. The van der Waals surface area contributed by atoms with Crippen molar-refractivity contribution in [2.75, 3.05) is 7.11 Å². The third-order valence-electron chi connectivity index (χ3n) is 4.09. The lowest BCUT2D eigenvalue weighted by Gasteiger charge is -2.15. The van der Waals surface area contributed by atoms with Crippen LogP contribution in [0.4, 0.5) is 13.2 Å². The summed E-state index contributed by atoms with van der Waals surface area (Å²) < 4.78 is 66.9. The number of halogens is 3. The number of aromatic hydroxyl groups is 1. The van der Waals surface area contributed by atoms with Gasteiger partial charge in [0.2, 0.25) is 9.84 Å². The van der Waals surface area contributed by atoms with Crippen LogP contribution in [0.25, 0.3) is 0 Å². The zero-order chi connectivity index (χ0) is 22.7. The van der Waals surface area contributed by atoms with Crippen molar-refractivity contribution in [2.45, 2.75) is 35.4 Å². The zero-order valence-corrected chi connectivity index (χ0v) is 16.7. The van der Waals surface area contributed by atoms with E-state index < -0.39 is 39.7 Å². The average molecular weight is 445 g/mol. The van der Waals surface area contributed by atoms with E-state index in [4.69, 9.17) is 0 Å². The first-order valence-corrected chi connectivity index (χ1v) is 9.97. The second-order valence-electron chi connectivity index (χ2n) is 6.39. The second-order valence-corrected chi connectivity index (χ2v) is 8.34. The van der Waals surface area contributed by atoms with Gasteiger partial charge in [-0.3, -0.25) is 4.79 Å². The lowest BCUT2D eigenvalue weighted by Crippen LogP contribution is -2.42. The van der Waals surface area contributed by atoms with Gasteiger partial charge in [-0.1, -0.05) is 12.1 Å². The van der Waals surface area contributed by atoms with Crippen LogP contribution in [0.2, 0.25) is 0 Å². The van der Waals surface area contributed by atoms with Gasteiger partial charge in [-0.2, -0.15) is 13.2 Å². The number of hydrogen-bond donors (Lipinski definition) is 2. The normalized spacial score (nSPS) is 12.8. The minimum absolute atomic E-state index is 0.0495. The third kappa shape index (κ3) is 5.29. The lowest BCUT2D eigenvalue weighted by molar-refractivity contribution is -0.174. The van der Waals surface area contributed by atoms with E-state index in [1.807, 2.05) is 5.32 Å². The third-order valence-corrected chi connectivity index (χ3v) is 5.86. The van der Waals surface area contributed by atoms with Crippen molar-refractivity contribution in [3.63, 3.8) is 0 Å². The van der Waals surface area contributed by atoms with E-state index in [-0.39, 0.29) is 21.8 Å². The van der Waals surface area contributed by atoms with Gasteiger partial charge in [0.1, 0.15) is 11.3 Å². The first-order chi connectivity index (χ1) is 13.9. The van der Waals surface area contributed by atoms with E-state index in [1.54, 1.807) is 0 Å². The Hall–Kier alpha value is -3.08. The van der Waals surface area contributed by atoms with Crippen molar-refractivity contribution < 1.29 is 41.0 Å². The smallest absolute Gasteiger partial charge is 0.471 e. The zero-order valence-electron chi connectivity index (χ0n) is 15.9. The Morgan fingerprint density at radius 1 is 1.10 bits per heavy atom. The van der Waals surface area contributed by atoms with Gasteiger partial charge < -0.3 is 15.2 Å². The first-order valence-electron chi connectivity index (χ1n) is 8.49. The molecule has 0 radical (unpaired) electrons. The average Bonchev–Trinajstić information content (AvgIpc) is 2.67. The monoisotopic (exact) mass is 445 g/mol. The molecule has 0 heterocycles. The number of methoxy groups -OCH3 is 1. The number of esters is 1. The Morgan fingerprint density at radius 2 is 1.67 bits per heavy atom. The summed E-state index contributed by atoms with van der Waals surface area (Å²) in [7, 11) is -2.96. The van der Waals surface area contributed by atoms with E-state index in [0.717, 1.165) is 25.3 Å². The number of ether oxygens (including phenoxy) is 1. The highest BCUT2D eigenvalue weighted by Gasteiger charge is 2.39. The molecule has 0 unspecified atom stereocenters. The molecule has 0 saturated carbocycles. The molecule has 2 rings (SSSR count). The topological polar surface area (TPSA) is 110 Å². The van der Waals surface area contributed by atoms with E-state index in [2.05, 4.69) is 4.74 Å². The number of nitrogens with one attached hydrogen (secondary N) is 1. The molecule has 2 aromatic rings. The standard InChI is InChI=1S/C19H18F3NO6S/c1-11(23-18(26)19(20,21)22)9-12-3-5-13(6-4-12)30(27,28)14-7-8-16(24)15(10-14)17(25)29-2/h3-8,10-11,24H,9H2,1-2H3,(H,23,26)/t11-/m1/s1. The van der Waals surface area contributed by atoms with Gasteiger partial charge in [-0.25, -0.2) is 13.2 Å². The van der Waals surface area contributed by atoms with Crippen LogP contribution in [0.3, 0.4) is 0 Å². The van der Waals surface area contributed by atoms with Crippen LogP contribution >= 0.6 is 0 Å². The predicted molar refractivity (Wildman–Crippen MR) is 98.7 cm³/mol. The summed E-state index contributed by atoms with van der Waals surface area (Å²) in [4.78, 5) is 22.2. The summed E-state index contributed by atoms with van der Waals surface area (Å²) in [6, 6.07) is 7.66. The Morgan fingerprint density at radius 3 is 2.20 bits per heavy atom. The molecule has 0 saturated heterocycles. The maximum Gasteiger partial charge on any atom is 0.471 e. The van der Waals surface area contributed by atoms with E-state index in [9.17, 15) is 36.3 Å². The molecular formula is C19H18F3NO6S. The summed E-state index contributed by atoms with van der Waals surface area (Å²) in [5.74, 6) is -3.40. The van der Waals surface area contributed by atoms with Crippen molar-refractivity contribution in [1.29, 1.82) is 0 Å². The van der Waals surface area contributed by atoms with Crippen LogP contribution in [0, 0.1) is 0 Å². The Bertz CT molecular complexity index is 1050. The number of carbonyl (C=O) groups excluding carboxylic acids is 2. The number of alkyl halides is 3. The van der Waals surface area contributed by atoms with E-state index in [1.165, 1.54) is 31.2 Å². The SMILES string of the molecule is COC(=O)c1cc(S(=O)(=O)c2ccc(C[C@@H](C)NC(=O)C(F)(F)F)cc2)ccc1O. The van der Waals surface area contributed by atoms with Gasteiger partial charge in [0.15, 0.2) is 0 Å². The molecule has 2 N–H and O–H groups in total. The van der Waals surface area contributed by atoms with Gasteiger partial charge in [0, 0.05) is 6.04 Å². The van der Waals surface area contributed by atoms with Gasteiger partial charge in [-0.05, 0) is 49.2 Å². The predicted octanol–water partition coefficient (Wildman–Crippen LogP) is 2.62. The number of carbonyl (C=O) groups is 2. The van der Waals surface area contributed by atoms with Crippen LogP contribution < -0.4 is 5.32 Å². The molecular weight excluding hydrogens is 427 g/mol. The minimum atomic E-state index is -4.99. The summed E-state index contributed by atoms with van der Waals surface area (Å²) in [5, 5.41) is 11.5. The Balaban J connectivity index is 2.21. The van der Waals surface area contributed by atoms with E-state index in [0.29, 0.717) is 5.56 Å². The largest absolute Gasteiger partial charge is 0.507 e. The van der Waals surface area contributed by atoms with Gasteiger partial charge in [0.25, 0.3) is 0 Å².